The first kappa shape index (κ1) is 12.4. The molecule has 10 heavy (non-hydrogen) atoms. The summed E-state index contributed by atoms with van der Waals surface area (Å²) in [6.45, 7) is 4.32. The summed E-state index contributed by atoms with van der Waals surface area (Å²) in [5.41, 5.74) is 0. The Balaban J connectivity index is 0. The molecule has 0 radical (unpaired) electrons. The third kappa shape index (κ3) is 3.01. The van der Waals surface area contributed by atoms with E-state index in [9.17, 15) is 0 Å². The molecule has 0 bridgehead atoms. The van der Waals surface area contributed by atoms with Crippen LogP contribution in [0.25, 0.3) is 0 Å². The maximum atomic E-state index is 2.25. The van der Waals surface area contributed by atoms with Gasteiger partial charge < -0.3 is 9.80 Å². The van der Waals surface area contributed by atoms with Crippen molar-refractivity contribution in [3.8, 4) is 0 Å². The Kier molecular flexibility index (Phi) is 6.77. The molecule has 0 aromatic rings. The van der Waals surface area contributed by atoms with E-state index in [4.69, 9.17) is 0 Å². The summed E-state index contributed by atoms with van der Waals surface area (Å²) in [5, 5.41) is 0. The Morgan fingerprint density at radius 2 is 2.00 bits per heavy atom. The molecule has 62 valence electrons. The van der Waals surface area contributed by atoms with E-state index in [0.717, 1.165) is 13.2 Å². The SMILES string of the molecule is C.CCN1C=CN(C)C1.S. The molecule has 2 nitrogen and oxygen atoms in total. The molecule has 1 aliphatic heterocycles. The van der Waals surface area contributed by atoms with E-state index >= 15 is 0 Å². The van der Waals surface area contributed by atoms with E-state index < -0.39 is 0 Å². The summed E-state index contributed by atoms with van der Waals surface area (Å²) in [6.07, 6.45) is 4.20. The van der Waals surface area contributed by atoms with Crippen LogP contribution in [0.3, 0.4) is 0 Å². The lowest BCUT2D eigenvalue weighted by Gasteiger charge is -2.14. The molecule has 0 amide bonds. The van der Waals surface area contributed by atoms with Crippen LogP contribution in [0, 0.1) is 0 Å². The normalized spacial score (nSPS) is 14.6. The Hall–Kier alpha value is -0.310. The van der Waals surface area contributed by atoms with Gasteiger partial charge in [-0.05, 0) is 6.92 Å². The maximum absolute atomic E-state index is 2.25. The van der Waals surface area contributed by atoms with Crippen LogP contribution in [-0.4, -0.2) is 30.1 Å². The van der Waals surface area contributed by atoms with Crippen molar-refractivity contribution in [3.05, 3.63) is 12.4 Å². The molecule has 0 unspecified atom stereocenters. The third-order valence-corrected chi connectivity index (χ3v) is 1.34. The first-order chi connectivity index (χ1) is 3.83. The van der Waals surface area contributed by atoms with Crippen LogP contribution >= 0.6 is 13.5 Å². The Morgan fingerprint density at radius 1 is 1.40 bits per heavy atom. The molecule has 0 aromatic heterocycles. The van der Waals surface area contributed by atoms with Crippen molar-refractivity contribution >= 4 is 13.5 Å². The quantitative estimate of drug-likeness (QED) is 0.575. The summed E-state index contributed by atoms with van der Waals surface area (Å²) in [5.74, 6) is 0. The molecule has 0 aromatic carbocycles. The van der Waals surface area contributed by atoms with Crippen molar-refractivity contribution in [3.63, 3.8) is 0 Å². The fraction of sp³-hybridized carbons (Fsp3) is 0.714. The highest BCUT2D eigenvalue weighted by Crippen LogP contribution is 2.00. The van der Waals surface area contributed by atoms with Gasteiger partial charge in [-0.2, -0.15) is 13.5 Å². The van der Waals surface area contributed by atoms with Crippen molar-refractivity contribution in [1.29, 1.82) is 0 Å². The Bertz CT molecular complexity index is 104. The highest BCUT2D eigenvalue weighted by molar-refractivity contribution is 7.59. The number of rotatable bonds is 1. The summed E-state index contributed by atoms with van der Waals surface area (Å²) in [6, 6.07) is 0. The summed E-state index contributed by atoms with van der Waals surface area (Å²) in [7, 11) is 2.08. The average molecular weight is 162 g/mol. The fourth-order valence-corrected chi connectivity index (χ4v) is 0.794. The molecule has 0 N–H and O–H groups in total. The van der Waals surface area contributed by atoms with E-state index in [1.54, 1.807) is 0 Å². The molecule has 1 rings (SSSR count). The zero-order valence-electron chi connectivity index (χ0n) is 5.96. The zero-order chi connectivity index (χ0) is 5.98. The lowest BCUT2D eigenvalue weighted by Crippen LogP contribution is -2.21. The van der Waals surface area contributed by atoms with Crippen molar-refractivity contribution in [2.75, 3.05) is 20.3 Å². The largest absolute Gasteiger partial charge is 0.362 e. The van der Waals surface area contributed by atoms with Crippen LogP contribution in [0.5, 0.6) is 0 Å². The zero-order valence-corrected chi connectivity index (χ0v) is 6.96. The Morgan fingerprint density at radius 3 is 2.20 bits per heavy atom. The molecular weight excluding hydrogens is 144 g/mol. The minimum Gasteiger partial charge on any atom is -0.362 e. The molecule has 3 heteroatoms. The van der Waals surface area contributed by atoms with Gasteiger partial charge in [-0.15, -0.1) is 0 Å². The second kappa shape index (κ2) is 5.47. The Labute approximate surface area is 71.0 Å². The smallest absolute Gasteiger partial charge is 0.0890 e. The minimum absolute atomic E-state index is 0. The van der Waals surface area contributed by atoms with Gasteiger partial charge in [0.05, 0.1) is 6.67 Å². The molecule has 0 fully saturated rings. The predicted octanol–water partition coefficient (Wildman–Crippen LogP) is 1.43. The van der Waals surface area contributed by atoms with E-state index in [1.807, 2.05) is 0 Å². The molecule has 1 heterocycles. The first-order valence-electron chi connectivity index (χ1n) is 2.95. The van der Waals surface area contributed by atoms with Crippen molar-refractivity contribution in [2.45, 2.75) is 14.4 Å². The van der Waals surface area contributed by atoms with Crippen LogP contribution in [0.2, 0.25) is 0 Å². The third-order valence-electron chi connectivity index (χ3n) is 1.34. The monoisotopic (exact) mass is 162 g/mol. The first-order valence-corrected chi connectivity index (χ1v) is 2.95. The van der Waals surface area contributed by atoms with Crippen LogP contribution in [0.1, 0.15) is 14.4 Å². The van der Waals surface area contributed by atoms with Gasteiger partial charge in [0.2, 0.25) is 0 Å². The highest BCUT2D eigenvalue weighted by Gasteiger charge is 2.03. The van der Waals surface area contributed by atoms with Gasteiger partial charge in [-0.1, -0.05) is 7.43 Å². The van der Waals surface area contributed by atoms with E-state index in [1.165, 1.54) is 0 Å². The molecular formula is C7H18N2S. The molecule has 0 spiro atoms. The summed E-state index contributed by atoms with van der Waals surface area (Å²) >= 11 is 0. The molecule has 0 saturated carbocycles. The van der Waals surface area contributed by atoms with Crippen molar-refractivity contribution in [1.82, 2.24) is 9.80 Å². The number of hydrogen-bond donors (Lipinski definition) is 0. The van der Waals surface area contributed by atoms with E-state index in [2.05, 4.69) is 36.2 Å². The van der Waals surface area contributed by atoms with Gasteiger partial charge in [0.15, 0.2) is 0 Å². The number of hydrogen-bond acceptors (Lipinski definition) is 2. The van der Waals surface area contributed by atoms with Gasteiger partial charge in [0.1, 0.15) is 0 Å². The van der Waals surface area contributed by atoms with Crippen molar-refractivity contribution in [2.24, 2.45) is 0 Å². The van der Waals surface area contributed by atoms with Crippen LogP contribution in [-0.2, 0) is 0 Å². The van der Waals surface area contributed by atoms with Gasteiger partial charge in [-0.3, -0.25) is 0 Å². The highest BCUT2D eigenvalue weighted by atomic mass is 32.1. The van der Waals surface area contributed by atoms with Gasteiger partial charge in [-0.25, -0.2) is 0 Å². The lowest BCUT2D eigenvalue weighted by atomic mass is 10.6. The van der Waals surface area contributed by atoms with Crippen LogP contribution in [0.4, 0.5) is 0 Å². The van der Waals surface area contributed by atoms with Gasteiger partial charge in [0, 0.05) is 26.0 Å². The number of nitrogens with zero attached hydrogens (tertiary/aromatic N) is 2. The summed E-state index contributed by atoms with van der Waals surface area (Å²) < 4.78 is 0. The second-order valence-electron chi connectivity index (χ2n) is 2.10. The predicted molar refractivity (Wildman–Crippen MR) is 51.3 cm³/mol. The second-order valence-corrected chi connectivity index (χ2v) is 2.10. The summed E-state index contributed by atoms with van der Waals surface area (Å²) in [4.78, 5) is 4.41. The van der Waals surface area contributed by atoms with Crippen LogP contribution in [0.15, 0.2) is 12.4 Å². The van der Waals surface area contributed by atoms with Crippen molar-refractivity contribution < 1.29 is 0 Å². The average Bonchev–Trinajstić information content (AvgIpc) is 2.14. The maximum Gasteiger partial charge on any atom is 0.0890 e. The van der Waals surface area contributed by atoms with Gasteiger partial charge in [0.25, 0.3) is 0 Å². The van der Waals surface area contributed by atoms with Gasteiger partial charge >= 0.3 is 0 Å². The van der Waals surface area contributed by atoms with E-state index in [-0.39, 0.29) is 20.9 Å². The lowest BCUT2D eigenvalue weighted by molar-refractivity contribution is 0.308. The molecule has 1 aliphatic rings. The van der Waals surface area contributed by atoms with Crippen LogP contribution < -0.4 is 0 Å². The fourth-order valence-electron chi connectivity index (χ4n) is 0.794. The molecule has 0 atom stereocenters. The topological polar surface area (TPSA) is 6.48 Å². The standard InChI is InChI=1S/C6H12N2.CH4.H2S/c1-3-8-5-4-7(2)6-8;;/h4-5H,3,6H2,1-2H3;1H4;1H2. The van der Waals surface area contributed by atoms with E-state index in [0.29, 0.717) is 0 Å². The molecule has 0 aliphatic carbocycles. The minimum atomic E-state index is 0. The molecule has 0 saturated heterocycles.